The van der Waals surface area contributed by atoms with Gasteiger partial charge >= 0.3 is 0 Å². The molecule has 2 aromatic rings. The Kier molecular flexibility index (Phi) is 4.99. The predicted molar refractivity (Wildman–Crippen MR) is 79.6 cm³/mol. The Morgan fingerprint density at radius 3 is 2.26 bits per heavy atom. The maximum absolute atomic E-state index is 11.9. The lowest BCUT2D eigenvalue weighted by Crippen LogP contribution is -2.14. The molecule has 0 unspecified atom stereocenters. The third kappa shape index (κ3) is 4.42. The van der Waals surface area contributed by atoms with E-state index in [0.717, 1.165) is 17.7 Å². The number of hydrogen-bond donors (Lipinski definition) is 1. The topological polar surface area (TPSA) is 29.1 Å². The van der Waals surface area contributed by atoms with Crippen LogP contribution in [0.3, 0.4) is 0 Å². The van der Waals surface area contributed by atoms with Crippen molar-refractivity contribution in [1.82, 2.24) is 0 Å². The molecule has 2 rings (SSSR count). The van der Waals surface area contributed by atoms with Crippen LogP contribution >= 0.6 is 11.6 Å². The normalized spacial score (nSPS) is 10.2. The number of anilines is 1. The highest BCUT2D eigenvalue weighted by molar-refractivity contribution is 6.17. The second kappa shape index (κ2) is 6.95. The number of carbonyl (C=O) groups is 1. The Labute approximate surface area is 118 Å². The number of alkyl halides is 1. The van der Waals surface area contributed by atoms with Gasteiger partial charge in [0, 0.05) is 11.6 Å². The van der Waals surface area contributed by atoms with Crippen LogP contribution < -0.4 is 5.32 Å². The summed E-state index contributed by atoms with van der Waals surface area (Å²) in [6, 6.07) is 17.5. The maximum Gasteiger partial charge on any atom is 0.228 e. The Hall–Kier alpha value is -1.80. The van der Waals surface area contributed by atoms with Crippen LogP contribution in [0, 0.1) is 0 Å². The number of amides is 1. The van der Waals surface area contributed by atoms with Crippen molar-refractivity contribution in [2.75, 3.05) is 11.2 Å². The van der Waals surface area contributed by atoms with E-state index < -0.39 is 0 Å². The fourth-order valence-corrected chi connectivity index (χ4v) is 2.07. The van der Waals surface area contributed by atoms with Gasteiger partial charge in [-0.3, -0.25) is 4.79 Å². The molecule has 1 amide bonds. The lowest BCUT2D eigenvalue weighted by Gasteiger charge is -2.06. The molecule has 0 saturated heterocycles. The van der Waals surface area contributed by atoms with Gasteiger partial charge in [0.25, 0.3) is 0 Å². The van der Waals surface area contributed by atoms with Gasteiger partial charge in [0.15, 0.2) is 0 Å². The smallest absolute Gasteiger partial charge is 0.228 e. The van der Waals surface area contributed by atoms with Gasteiger partial charge in [0.2, 0.25) is 5.91 Å². The summed E-state index contributed by atoms with van der Waals surface area (Å²) in [5.74, 6) is 0.607. The van der Waals surface area contributed by atoms with Crippen molar-refractivity contribution in [3.63, 3.8) is 0 Å². The zero-order valence-corrected chi connectivity index (χ0v) is 11.4. The van der Waals surface area contributed by atoms with Gasteiger partial charge in [-0.25, -0.2) is 0 Å². The fourth-order valence-electron chi connectivity index (χ4n) is 1.85. The Morgan fingerprint density at radius 1 is 0.947 bits per heavy atom. The van der Waals surface area contributed by atoms with Crippen LogP contribution in [0.4, 0.5) is 5.69 Å². The van der Waals surface area contributed by atoms with Gasteiger partial charge < -0.3 is 5.32 Å². The molecule has 1 N–H and O–H groups in total. The summed E-state index contributed by atoms with van der Waals surface area (Å²) in [5, 5.41) is 2.89. The van der Waals surface area contributed by atoms with Crippen molar-refractivity contribution in [3.8, 4) is 0 Å². The molecule has 2 nitrogen and oxygen atoms in total. The third-order valence-electron chi connectivity index (χ3n) is 2.83. The van der Waals surface area contributed by atoms with Crippen LogP contribution in [0.2, 0.25) is 0 Å². The van der Waals surface area contributed by atoms with E-state index >= 15 is 0 Å². The molecule has 0 fully saturated rings. The van der Waals surface area contributed by atoms with Crippen LogP contribution in [-0.4, -0.2) is 11.8 Å². The van der Waals surface area contributed by atoms with E-state index in [-0.39, 0.29) is 5.91 Å². The van der Waals surface area contributed by atoms with Crippen molar-refractivity contribution >= 4 is 23.2 Å². The number of halogens is 1. The number of hydrogen-bond acceptors (Lipinski definition) is 1. The van der Waals surface area contributed by atoms with E-state index in [4.69, 9.17) is 11.6 Å². The second-order valence-corrected chi connectivity index (χ2v) is 4.72. The molecule has 0 atom stereocenters. The minimum Gasteiger partial charge on any atom is -0.326 e. The zero-order valence-electron chi connectivity index (χ0n) is 10.6. The first-order valence-electron chi connectivity index (χ1n) is 6.26. The monoisotopic (exact) mass is 273 g/mol. The molecule has 0 aliphatic heterocycles. The highest BCUT2D eigenvalue weighted by Gasteiger charge is 2.03. The second-order valence-electron chi connectivity index (χ2n) is 4.35. The number of nitrogens with one attached hydrogen (secondary N) is 1. The predicted octanol–water partition coefficient (Wildman–Crippen LogP) is 3.65. The van der Waals surface area contributed by atoms with E-state index in [2.05, 4.69) is 5.32 Å². The van der Waals surface area contributed by atoms with Crippen molar-refractivity contribution < 1.29 is 4.79 Å². The highest BCUT2D eigenvalue weighted by atomic mass is 35.5. The van der Waals surface area contributed by atoms with Crippen LogP contribution in [0.1, 0.15) is 11.1 Å². The lowest BCUT2D eigenvalue weighted by atomic mass is 10.1. The van der Waals surface area contributed by atoms with Gasteiger partial charge in [-0.2, -0.15) is 0 Å². The largest absolute Gasteiger partial charge is 0.326 e. The number of benzene rings is 2. The Bertz CT molecular complexity index is 522. The van der Waals surface area contributed by atoms with E-state index in [1.54, 1.807) is 0 Å². The molecule has 3 heteroatoms. The lowest BCUT2D eigenvalue weighted by molar-refractivity contribution is -0.115. The molecule has 0 bridgehead atoms. The molecule has 0 aromatic heterocycles. The minimum atomic E-state index is -0.00343. The molecule has 0 saturated carbocycles. The average molecular weight is 274 g/mol. The number of carbonyl (C=O) groups excluding carboxylic acids is 1. The summed E-state index contributed by atoms with van der Waals surface area (Å²) in [5.41, 5.74) is 3.01. The summed E-state index contributed by atoms with van der Waals surface area (Å²) >= 11 is 5.68. The fraction of sp³-hybridized carbons (Fsp3) is 0.188. The third-order valence-corrected chi connectivity index (χ3v) is 3.02. The minimum absolute atomic E-state index is 0.00343. The van der Waals surface area contributed by atoms with E-state index in [1.165, 1.54) is 5.56 Å². The van der Waals surface area contributed by atoms with Gasteiger partial charge in [0.1, 0.15) is 0 Å². The van der Waals surface area contributed by atoms with Crippen molar-refractivity contribution in [2.24, 2.45) is 0 Å². The van der Waals surface area contributed by atoms with Gasteiger partial charge in [-0.05, 0) is 29.7 Å². The zero-order chi connectivity index (χ0) is 13.5. The Morgan fingerprint density at radius 2 is 1.63 bits per heavy atom. The van der Waals surface area contributed by atoms with E-state index in [9.17, 15) is 4.79 Å². The number of aryl methyl sites for hydroxylation is 1. The number of rotatable bonds is 5. The molecule has 2 aromatic carbocycles. The van der Waals surface area contributed by atoms with Crippen LogP contribution in [0.25, 0.3) is 0 Å². The quantitative estimate of drug-likeness (QED) is 0.828. The molecule has 0 aliphatic rings. The SMILES string of the molecule is O=C(Cc1ccccc1)Nc1ccc(CCCl)cc1. The summed E-state index contributed by atoms with van der Waals surface area (Å²) < 4.78 is 0. The summed E-state index contributed by atoms with van der Waals surface area (Å²) in [6.45, 7) is 0. The van der Waals surface area contributed by atoms with Gasteiger partial charge in [-0.15, -0.1) is 11.6 Å². The molecule has 98 valence electrons. The van der Waals surface area contributed by atoms with E-state index in [1.807, 2.05) is 54.6 Å². The van der Waals surface area contributed by atoms with Crippen LogP contribution in [0.15, 0.2) is 54.6 Å². The molecule has 0 aliphatic carbocycles. The average Bonchev–Trinajstić information content (AvgIpc) is 2.42. The standard InChI is InChI=1S/C16H16ClNO/c17-11-10-13-6-8-15(9-7-13)18-16(19)12-14-4-2-1-3-5-14/h1-9H,10-12H2,(H,18,19). The molecular weight excluding hydrogens is 258 g/mol. The maximum atomic E-state index is 11.9. The summed E-state index contributed by atoms with van der Waals surface area (Å²) in [7, 11) is 0. The first-order valence-corrected chi connectivity index (χ1v) is 6.80. The molecule has 19 heavy (non-hydrogen) atoms. The first kappa shape index (κ1) is 13.6. The van der Waals surface area contributed by atoms with Crippen molar-refractivity contribution in [2.45, 2.75) is 12.8 Å². The molecule has 0 spiro atoms. The highest BCUT2D eigenvalue weighted by Crippen LogP contribution is 2.11. The van der Waals surface area contributed by atoms with Gasteiger partial charge in [0.05, 0.1) is 6.42 Å². The molecule has 0 heterocycles. The molecular formula is C16H16ClNO. The van der Waals surface area contributed by atoms with Crippen LogP contribution in [-0.2, 0) is 17.6 Å². The first-order chi connectivity index (χ1) is 9.28. The van der Waals surface area contributed by atoms with Crippen LogP contribution in [0.5, 0.6) is 0 Å². The summed E-state index contributed by atoms with van der Waals surface area (Å²) in [4.78, 5) is 11.9. The van der Waals surface area contributed by atoms with Crippen molar-refractivity contribution in [3.05, 3.63) is 65.7 Å². The Balaban J connectivity index is 1.91. The summed E-state index contributed by atoms with van der Waals surface area (Å²) in [6.07, 6.45) is 1.24. The van der Waals surface area contributed by atoms with E-state index in [0.29, 0.717) is 12.3 Å². The van der Waals surface area contributed by atoms with Gasteiger partial charge in [-0.1, -0.05) is 42.5 Å². The van der Waals surface area contributed by atoms with Crippen molar-refractivity contribution in [1.29, 1.82) is 0 Å². The molecule has 0 radical (unpaired) electrons.